The molecule has 0 aliphatic carbocycles. The molecule has 5 nitrogen and oxygen atoms in total. The Kier molecular flexibility index (Phi) is 3.71. The second-order valence-corrected chi connectivity index (χ2v) is 7.92. The molecule has 4 aromatic rings. The molecular formula is C24H22N4O. The molecule has 2 aromatic heterocycles. The topological polar surface area (TPSA) is 52.0 Å². The zero-order valence-electron chi connectivity index (χ0n) is 16.2. The van der Waals surface area contributed by atoms with Crippen LogP contribution in [0, 0.1) is 5.92 Å². The van der Waals surface area contributed by atoms with Crippen molar-refractivity contribution in [1.82, 2.24) is 19.9 Å². The fourth-order valence-electron chi connectivity index (χ4n) is 5.07. The number of nitrogens with zero attached hydrogens (tertiary/aromatic N) is 3. The Balaban J connectivity index is 1.53. The van der Waals surface area contributed by atoms with Gasteiger partial charge in [-0.2, -0.15) is 0 Å². The third-order valence-electron chi connectivity index (χ3n) is 6.41. The molecule has 3 atom stereocenters. The molecule has 6 rings (SSSR count). The van der Waals surface area contributed by atoms with Crippen molar-refractivity contribution in [3.05, 3.63) is 78.2 Å². The van der Waals surface area contributed by atoms with Gasteiger partial charge in [-0.25, -0.2) is 9.97 Å². The van der Waals surface area contributed by atoms with E-state index < -0.39 is 0 Å². The number of imidazole rings is 1. The minimum atomic E-state index is 0.320. The van der Waals surface area contributed by atoms with Gasteiger partial charge in [0.2, 0.25) is 5.88 Å². The Hall–Kier alpha value is -3.18. The van der Waals surface area contributed by atoms with Crippen LogP contribution in [0.3, 0.4) is 0 Å². The molecule has 1 saturated heterocycles. The standard InChI is InChI=1S/C24H22N4O/c1-29-22-10-8-17(12-26-22)16-7-9-20-21(11-16)28-23(15-5-3-2-4-6-15)18-13-25-14-19(18)24(28)27-20/h2-12,18-19,23,25H,13-14H2,1H3/t18-,19+,23-/m1/s1. The molecule has 0 unspecified atom stereocenters. The predicted octanol–water partition coefficient (Wildman–Crippen LogP) is 4.01. The van der Waals surface area contributed by atoms with E-state index in [1.165, 1.54) is 16.9 Å². The van der Waals surface area contributed by atoms with Gasteiger partial charge in [-0.15, -0.1) is 0 Å². The maximum absolute atomic E-state index is 5.20. The van der Waals surface area contributed by atoms with E-state index in [4.69, 9.17) is 9.72 Å². The first kappa shape index (κ1) is 16.7. The summed E-state index contributed by atoms with van der Waals surface area (Å²) in [4.78, 5) is 9.43. The molecule has 0 spiro atoms. The van der Waals surface area contributed by atoms with Crippen LogP contribution in [-0.4, -0.2) is 34.7 Å². The molecule has 1 fully saturated rings. The Morgan fingerprint density at radius 1 is 1.00 bits per heavy atom. The number of hydrogen-bond donors (Lipinski definition) is 1. The summed E-state index contributed by atoms with van der Waals surface area (Å²) >= 11 is 0. The summed E-state index contributed by atoms with van der Waals surface area (Å²) in [5.41, 5.74) is 5.87. The van der Waals surface area contributed by atoms with Crippen LogP contribution >= 0.6 is 0 Å². The molecule has 2 aliphatic heterocycles. The van der Waals surface area contributed by atoms with E-state index >= 15 is 0 Å². The third kappa shape index (κ3) is 2.51. The summed E-state index contributed by atoms with van der Waals surface area (Å²) in [7, 11) is 1.64. The van der Waals surface area contributed by atoms with Crippen molar-refractivity contribution in [3.63, 3.8) is 0 Å². The number of rotatable bonds is 3. The number of benzene rings is 2. The van der Waals surface area contributed by atoms with Gasteiger partial charge in [0.25, 0.3) is 0 Å². The number of hydrogen-bond acceptors (Lipinski definition) is 4. The first-order valence-electron chi connectivity index (χ1n) is 10.1. The zero-order valence-corrected chi connectivity index (χ0v) is 16.2. The van der Waals surface area contributed by atoms with Crippen molar-refractivity contribution in [2.75, 3.05) is 20.2 Å². The fraction of sp³-hybridized carbons (Fsp3) is 0.250. The van der Waals surface area contributed by atoms with Gasteiger partial charge in [0.15, 0.2) is 0 Å². The van der Waals surface area contributed by atoms with E-state index in [0.29, 0.717) is 23.8 Å². The van der Waals surface area contributed by atoms with Gasteiger partial charge in [-0.1, -0.05) is 36.4 Å². The average Bonchev–Trinajstić information content (AvgIpc) is 3.46. The number of aromatic nitrogens is 3. The molecule has 0 radical (unpaired) electrons. The second-order valence-electron chi connectivity index (χ2n) is 7.92. The van der Waals surface area contributed by atoms with Crippen LogP contribution in [0.4, 0.5) is 0 Å². The number of nitrogens with one attached hydrogen (secondary N) is 1. The van der Waals surface area contributed by atoms with Gasteiger partial charge in [-0.05, 0) is 29.3 Å². The first-order chi connectivity index (χ1) is 14.3. The highest BCUT2D eigenvalue weighted by Crippen LogP contribution is 2.48. The molecule has 0 saturated carbocycles. The number of methoxy groups -OCH3 is 1. The van der Waals surface area contributed by atoms with Crippen molar-refractivity contribution in [1.29, 1.82) is 0 Å². The molecule has 29 heavy (non-hydrogen) atoms. The van der Waals surface area contributed by atoms with Gasteiger partial charge in [0.05, 0.1) is 24.2 Å². The van der Waals surface area contributed by atoms with E-state index in [-0.39, 0.29) is 0 Å². The molecule has 4 heterocycles. The summed E-state index contributed by atoms with van der Waals surface area (Å²) in [6.45, 7) is 2.05. The fourth-order valence-corrected chi connectivity index (χ4v) is 5.07. The van der Waals surface area contributed by atoms with E-state index in [9.17, 15) is 0 Å². The normalized spacial score (nSPS) is 22.6. The van der Waals surface area contributed by atoms with Crippen molar-refractivity contribution < 1.29 is 4.74 Å². The molecule has 0 amide bonds. The summed E-state index contributed by atoms with van der Waals surface area (Å²) in [6.07, 6.45) is 1.87. The highest BCUT2D eigenvalue weighted by molar-refractivity contribution is 5.83. The first-order valence-corrected chi connectivity index (χ1v) is 10.1. The lowest BCUT2D eigenvalue weighted by atomic mass is 9.88. The van der Waals surface area contributed by atoms with Crippen LogP contribution in [-0.2, 0) is 0 Å². The summed E-state index contributed by atoms with van der Waals surface area (Å²) in [5.74, 6) is 2.87. The van der Waals surface area contributed by atoms with Crippen LogP contribution in [0.5, 0.6) is 5.88 Å². The molecule has 0 bridgehead atoms. The Bertz CT molecular complexity index is 1180. The lowest BCUT2D eigenvalue weighted by Crippen LogP contribution is -2.19. The lowest BCUT2D eigenvalue weighted by Gasteiger charge is -2.21. The van der Waals surface area contributed by atoms with Crippen molar-refractivity contribution in [2.24, 2.45) is 5.92 Å². The quantitative estimate of drug-likeness (QED) is 0.582. The Labute approximate surface area is 169 Å². The van der Waals surface area contributed by atoms with E-state index in [0.717, 1.165) is 29.7 Å². The average molecular weight is 382 g/mol. The lowest BCUT2D eigenvalue weighted by molar-refractivity contribution is 0.398. The molecule has 144 valence electrons. The van der Waals surface area contributed by atoms with Gasteiger partial charge in [-0.3, -0.25) is 0 Å². The highest BCUT2D eigenvalue weighted by atomic mass is 16.5. The Morgan fingerprint density at radius 2 is 1.86 bits per heavy atom. The van der Waals surface area contributed by atoms with E-state index in [2.05, 4.69) is 69.5 Å². The smallest absolute Gasteiger partial charge is 0.212 e. The van der Waals surface area contributed by atoms with Crippen LogP contribution in [0.1, 0.15) is 23.3 Å². The van der Waals surface area contributed by atoms with Crippen molar-refractivity contribution in [3.8, 4) is 17.0 Å². The minimum Gasteiger partial charge on any atom is -0.481 e. The molecule has 1 N–H and O–H groups in total. The summed E-state index contributed by atoms with van der Waals surface area (Å²) in [6, 6.07) is 21.7. The predicted molar refractivity (Wildman–Crippen MR) is 113 cm³/mol. The van der Waals surface area contributed by atoms with Crippen LogP contribution in [0.25, 0.3) is 22.2 Å². The van der Waals surface area contributed by atoms with Crippen molar-refractivity contribution >= 4 is 11.0 Å². The Morgan fingerprint density at radius 3 is 2.66 bits per heavy atom. The minimum absolute atomic E-state index is 0.320. The molecule has 2 aromatic carbocycles. The molecule has 2 aliphatic rings. The van der Waals surface area contributed by atoms with Gasteiger partial charge in [0, 0.05) is 42.8 Å². The zero-order chi connectivity index (χ0) is 19.4. The number of ether oxygens (including phenoxy) is 1. The summed E-state index contributed by atoms with van der Waals surface area (Å²) in [5, 5.41) is 3.58. The van der Waals surface area contributed by atoms with Crippen LogP contribution < -0.4 is 10.1 Å². The van der Waals surface area contributed by atoms with Gasteiger partial charge >= 0.3 is 0 Å². The van der Waals surface area contributed by atoms with Crippen LogP contribution in [0.2, 0.25) is 0 Å². The highest BCUT2D eigenvalue weighted by Gasteiger charge is 2.46. The maximum atomic E-state index is 5.20. The monoisotopic (exact) mass is 382 g/mol. The SMILES string of the molecule is COc1ccc(-c2ccc3nc4n(c3c2)[C@H](c2ccccc2)[C@@H]2CNC[C@H]42)cn1. The molecular weight excluding hydrogens is 360 g/mol. The second kappa shape index (κ2) is 6.42. The van der Waals surface area contributed by atoms with Crippen molar-refractivity contribution in [2.45, 2.75) is 12.0 Å². The summed E-state index contributed by atoms with van der Waals surface area (Å²) < 4.78 is 7.69. The van der Waals surface area contributed by atoms with E-state index in [1.54, 1.807) is 7.11 Å². The number of pyridine rings is 1. The third-order valence-corrected chi connectivity index (χ3v) is 6.41. The molecule has 5 heteroatoms. The largest absolute Gasteiger partial charge is 0.481 e. The maximum Gasteiger partial charge on any atom is 0.212 e. The van der Waals surface area contributed by atoms with Gasteiger partial charge in [0.1, 0.15) is 5.82 Å². The van der Waals surface area contributed by atoms with Crippen LogP contribution in [0.15, 0.2) is 66.9 Å². The number of fused-ring (bicyclic) bond motifs is 5. The van der Waals surface area contributed by atoms with E-state index in [1.807, 2.05) is 12.3 Å². The van der Waals surface area contributed by atoms with Gasteiger partial charge < -0.3 is 14.6 Å².